The third kappa shape index (κ3) is 5.96. The van der Waals surface area contributed by atoms with E-state index in [1.54, 1.807) is 0 Å². The highest BCUT2D eigenvalue weighted by molar-refractivity contribution is 5.81. The van der Waals surface area contributed by atoms with Crippen molar-refractivity contribution in [1.82, 2.24) is 15.1 Å². The van der Waals surface area contributed by atoms with E-state index in [1.165, 1.54) is 5.56 Å². The fourth-order valence-electron chi connectivity index (χ4n) is 2.95. The normalized spacial score (nSPS) is 18.6. The standard InChI is InChI=1S/C19H31N3O/c1-16(18(23)20-19(2,3)4)22-14-12-21(13-15-22)11-10-17-8-6-5-7-9-17/h5-9,16H,10-15H2,1-4H3,(H,20,23). The first-order valence-electron chi connectivity index (χ1n) is 8.67. The minimum absolute atomic E-state index is 0.0505. The zero-order chi connectivity index (χ0) is 16.9. The van der Waals surface area contributed by atoms with Crippen molar-refractivity contribution < 1.29 is 4.79 Å². The number of piperazine rings is 1. The number of hydrogen-bond donors (Lipinski definition) is 1. The molecule has 1 aromatic carbocycles. The topological polar surface area (TPSA) is 35.6 Å². The van der Waals surface area contributed by atoms with Gasteiger partial charge in [0.1, 0.15) is 0 Å². The fourth-order valence-corrected chi connectivity index (χ4v) is 2.95. The van der Waals surface area contributed by atoms with Crippen LogP contribution in [-0.2, 0) is 11.2 Å². The highest BCUT2D eigenvalue weighted by Gasteiger charge is 2.27. The molecular weight excluding hydrogens is 286 g/mol. The minimum Gasteiger partial charge on any atom is -0.350 e. The number of amides is 1. The Balaban J connectivity index is 1.74. The van der Waals surface area contributed by atoms with Gasteiger partial charge in [0.05, 0.1) is 6.04 Å². The van der Waals surface area contributed by atoms with E-state index in [1.807, 2.05) is 27.7 Å². The van der Waals surface area contributed by atoms with Gasteiger partial charge in [0, 0.05) is 38.3 Å². The third-order valence-electron chi connectivity index (χ3n) is 4.39. The summed E-state index contributed by atoms with van der Waals surface area (Å²) in [5.74, 6) is 0.134. The van der Waals surface area contributed by atoms with Crippen molar-refractivity contribution in [3.05, 3.63) is 35.9 Å². The molecule has 1 aliphatic rings. The zero-order valence-electron chi connectivity index (χ0n) is 15.0. The molecule has 0 aromatic heterocycles. The van der Waals surface area contributed by atoms with Gasteiger partial charge in [-0.25, -0.2) is 0 Å². The van der Waals surface area contributed by atoms with Crippen LogP contribution in [0.1, 0.15) is 33.3 Å². The van der Waals surface area contributed by atoms with Gasteiger partial charge in [-0.05, 0) is 39.7 Å². The quantitative estimate of drug-likeness (QED) is 0.904. The Hall–Kier alpha value is -1.39. The van der Waals surface area contributed by atoms with Crippen LogP contribution in [0, 0.1) is 0 Å². The second kappa shape index (κ2) is 7.93. The lowest BCUT2D eigenvalue weighted by atomic mass is 10.1. The minimum atomic E-state index is -0.164. The summed E-state index contributed by atoms with van der Waals surface area (Å²) < 4.78 is 0. The number of hydrogen-bond acceptors (Lipinski definition) is 3. The van der Waals surface area contributed by atoms with Crippen LogP contribution in [0.2, 0.25) is 0 Å². The molecule has 4 nitrogen and oxygen atoms in total. The summed E-state index contributed by atoms with van der Waals surface area (Å²) in [6.07, 6.45) is 1.10. The lowest BCUT2D eigenvalue weighted by Gasteiger charge is -2.38. The summed E-state index contributed by atoms with van der Waals surface area (Å²) in [5, 5.41) is 3.08. The van der Waals surface area contributed by atoms with Gasteiger partial charge in [0.15, 0.2) is 0 Å². The first-order valence-corrected chi connectivity index (χ1v) is 8.67. The molecule has 1 fully saturated rings. The van der Waals surface area contributed by atoms with Gasteiger partial charge in [-0.1, -0.05) is 30.3 Å². The van der Waals surface area contributed by atoms with Crippen LogP contribution in [0.5, 0.6) is 0 Å². The summed E-state index contributed by atoms with van der Waals surface area (Å²) in [6.45, 7) is 13.2. The number of benzene rings is 1. The van der Waals surface area contributed by atoms with Crippen molar-refractivity contribution in [1.29, 1.82) is 0 Å². The Morgan fingerprint density at radius 1 is 1.13 bits per heavy atom. The number of carbonyl (C=O) groups excluding carboxylic acids is 1. The van der Waals surface area contributed by atoms with E-state index in [9.17, 15) is 4.79 Å². The maximum atomic E-state index is 12.3. The van der Waals surface area contributed by atoms with Gasteiger partial charge in [-0.2, -0.15) is 0 Å². The van der Waals surface area contributed by atoms with Crippen molar-refractivity contribution in [3.63, 3.8) is 0 Å². The molecule has 1 aromatic rings. The van der Waals surface area contributed by atoms with Crippen LogP contribution in [-0.4, -0.2) is 60.0 Å². The molecule has 128 valence electrons. The van der Waals surface area contributed by atoms with Gasteiger partial charge >= 0.3 is 0 Å². The highest BCUT2D eigenvalue weighted by atomic mass is 16.2. The predicted molar refractivity (Wildman–Crippen MR) is 95.5 cm³/mol. The van der Waals surface area contributed by atoms with Gasteiger partial charge in [0.25, 0.3) is 0 Å². The van der Waals surface area contributed by atoms with Gasteiger partial charge in [-0.3, -0.25) is 9.69 Å². The van der Waals surface area contributed by atoms with Crippen molar-refractivity contribution in [3.8, 4) is 0 Å². The first kappa shape index (κ1) is 18.0. The van der Waals surface area contributed by atoms with E-state index in [4.69, 9.17) is 0 Å². The molecule has 1 saturated heterocycles. The number of carbonyl (C=O) groups is 1. The van der Waals surface area contributed by atoms with Crippen LogP contribution in [0.4, 0.5) is 0 Å². The predicted octanol–water partition coefficient (Wildman–Crippen LogP) is 2.15. The summed E-state index contributed by atoms with van der Waals surface area (Å²) in [7, 11) is 0. The largest absolute Gasteiger partial charge is 0.350 e. The Morgan fingerprint density at radius 2 is 1.74 bits per heavy atom. The first-order chi connectivity index (χ1) is 10.8. The highest BCUT2D eigenvalue weighted by Crippen LogP contribution is 2.10. The Morgan fingerprint density at radius 3 is 2.30 bits per heavy atom. The summed E-state index contributed by atoms with van der Waals surface area (Å²) in [6, 6.07) is 10.6. The Kier molecular flexibility index (Phi) is 6.19. The molecule has 1 amide bonds. The van der Waals surface area contributed by atoms with E-state index < -0.39 is 0 Å². The average Bonchev–Trinajstić information content (AvgIpc) is 2.52. The number of rotatable bonds is 5. The van der Waals surface area contributed by atoms with E-state index in [0.29, 0.717) is 0 Å². The molecule has 4 heteroatoms. The molecule has 23 heavy (non-hydrogen) atoms. The lowest BCUT2D eigenvalue weighted by molar-refractivity contribution is -0.128. The second-order valence-electron chi connectivity index (χ2n) is 7.53. The van der Waals surface area contributed by atoms with Gasteiger partial charge in [-0.15, -0.1) is 0 Å². The molecular formula is C19H31N3O. The second-order valence-corrected chi connectivity index (χ2v) is 7.53. The van der Waals surface area contributed by atoms with Crippen molar-refractivity contribution in [2.45, 2.75) is 45.7 Å². The monoisotopic (exact) mass is 317 g/mol. The lowest BCUT2D eigenvalue weighted by Crippen LogP contribution is -2.56. The maximum Gasteiger partial charge on any atom is 0.237 e. The molecule has 1 heterocycles. The van der Waals surface area contributed by atoms with Gasteiger partial charge < -0.3 is 10.2 Å². The maximum absolute atomic E-state index is 12.3. The molecule has 1 aliphatic heterocycles. The Labute approximate surface area is 140 Å². The molecule has 1 N–H and O–H groups in total. The third-order valence-corrected chi connectivity index (χ3v) is 4.39. The molecule has 0 spiro atoms. The van der Waals surface area contributed by atoms with Crippen LogP contribution in [0.3, 0.4) is 0 Å². The van der Waals surface area contributed by atoms with Crippen LogP contribution in [0.15, 0.2) is 30.3 Å². The average molecular weight is 317 g/mol. The zero-order valence-corrected chi connectivity index (χ0v) is 15.0. The van der Waals surface area contributed by atoms with Crippen LogP contribution >= 0.6 is 0 Å². The fraction of sp³-hybridized carbons (Fsp3) is 0.632. The Bertz CT molecular complexity index is 487. The number of nitrogens with zero attached hydrogens (tertiary/aromatic N) is 2. The number of nitrogens with one attached hydrogen (secondary N) is 1. The van der Waals surface area contributed by atoms with E-state index in [2.05, 4.69) is 45.4 Å². The SMILES string of the molecule is CC(C(=O)NC(C)(C)C)N1CCN(CCc2ccccc2)CC1. The molecule has 0 bridgehead atoms. The van der Waals surface area contributed by atoms with Crippen molar-refractivity contribution in [2.24, 2.45) is 0 Å². The summed E-state index contributed by atoms with van der Waals surface area (Å²) in [5.41, 5.74) is 1.23. The van der Waals surface area contributed by atoms with E-state index in [-0.39, 0.29) is 17.5 Å². The van der Waals surface area contributed by atoms with Crippen LogP contribution in [0.25, 0.3) is 0 Å². The molecule has 0 saturated carbocycles. The molecule has 1 atom stereocenters. The van der Waals surface area contributed by atoms with Crippen LogP contribution < -0.4 is 5.32 Å². The van der Waals surface area contributed by atoms with E-state index in [0.717, 1.165) is 39.1 Å². The molecule has 0 radical (unpaired) electrons. The molecule has 2 rings (SSSR count). The summed E-state index contributed by atoms with van der Waals surface area (Å²) in [4.78, 5) is 17.1. The van der Waals surface area contributed by atoms with E-state index >= 15 is 0 Å². The van der Waals surface area contributed by atoms with Crippen molar-refractivity contribution >= 4 is 5.91 Å². The van der Waals surface area contributed by atoms with Crippen molar-refractivity contribution in [2.75, 3.05) is 32.7 Å². The van der Waals surface area contributed by atoms with Gasteiger partial charge in [0.2, 0.25) is 5.91 Å². The summed E-state index contributed by atoms with van der Waals surface area (Å²) >= 11 is 0. The smallest absolute Gasteiger partial charge is 0.237 e. The molecule has 1 unspecified atom stereocenters. The molecule has 0 aliphatic carbocycles.